The van der Waals surface area contributed by atoms with E-state index in [0.717, 1.165) is 6.42 Å². The van der Waals surface area contributed by atoms with Gasteiger partial charge in [0.1, 0.15) is 5.54 Å². The molecule has 0 rings (SSSR count). The molecule has 0 aliphatic heterocycles. The molecule has 90 valence electrons. The SMILES string of the molecule is COC(=O)C(C)(C)NC(C)CCC(C)C. The van der Waals surface area contributed by atoms with Crippen LogP contribution in [0.25, 0.3) is 0 Å². The first-order valence-electron chi connectivity index (χ1n) is 5.65. The summed E-state index contributed by atoms with van der Waals surface area (Å²) in [6.45, 7) is 10.2. The lowest BCUT2D eigenvalue weighted by Gasteiger charge is -2.27. The Kier molecular flexibility index (Phi) is 5.88. The normalized spacial score (nSPS) is 14.1. The lowest BCUT2D eigenvalue weighted by molar-refractivity contribution is -0.147. The quantitative estimate of drug-likeness (QED) is 0.691. The van der Waals surface area contributed by atoms with E-state index in [9.17, 15) is 4.79 Å². The summed E-state index contributed by atoms with van der Waals surface area (Å²) in [5, 5.41) is 3.29. The van der Waals surface area contributed by atoms with Crippen LogP contribution in [0.4, 0.5) is 0 Å². The molecule has 3 heteroatoms. The van der Waals surface area contributed by atoms with E-state index in [-0.39, 0.29) is 5.97 Å². The highest BCUT2D eigenvalue weighted by atomic mass is 16.5. The van der Waals surface area contributed by atoms with E-state index in [2.05, 4.69) is 26.1 Å². The summed E-state index contributed by atoms with van der Waals surface area (Å²) < 4.78 is 4.74. The largest absolute Gasteiger partial charge is 0.468 e. The molecule has 0 radical (unpaired) electrons. The predicted octanol–water partition coefficient (Wildman–Crippen LogP) is 2.35. The molecule has 15 heavy (non-hydrogen) atoms. The zero-order chi connectivity index (χ0) is 12.1. The summed E-state index contributed by atoms with van der Waals surface area (Å²) in [6, 6.07) is 0.335. The molecule has 0 aromatic rings. The summed E-state index contributed by atoms with van der Waals surface area (Å²) in [6.07, 6.45) is 2.25. The molecule has 0 heterocycles. The standard InChI is InChI=1S/C12H25NO2/c1-9(2)7-8-10(3)13-12(4,5)11(14)15-6/h9-10,13H,7-8H2,1-6H3. The Balaban J connectivity index is 4.04. The molecule has 0 fully saturated rings. The Hall–Kier alpha value is -0.570. The molecular weight excluding hydrogens is 190 g/mol. The molecule has 0 amide bonds. The van der Waals surface area contributed by atoms with Crippen molar-refractivity contribution in [2.24, 2.45) is 5.92 Å². The average molecular weight is 215 g/mol. The second-order valence-electron chi connectivity index (χ2n) is 5.13. The maximum absolute atomic E-state index is 11.4. The van der Waals surface area contributed by atoms with Crippen LogP contribution in [0.1, 0.15) is 47.5 Å². The summed E-state index contributed by atoms with van der Waals surface area (Å²) in [5.41, 5.74) is -0.592. The molecule has 0 aromatic heterocycles. The van der Waals surface area contributed by atoms with Gasteiger partial charge in [0.25, 0.3) is 0 Å². The van der Waals surface area contributed by atoms with Gasteiger partial charge < -0.3 is 4.74 Å². The molecule has 1 N–H and O–H groups in total. The van der Waals surface area contributed by atoms with Crippen LogP contribution in [0.15, 0.2) is 0 Å². The van der Waals surface area contributed by atoms with Gasteiger partial charge in [-0.25, -0.2) is 0 Å². The number of esters is 1. The van der Waals surface area contributed by atoms with Gasteiger partial charge in [-0.3, -0.25) is 10.1 Å². The fourth-order valence-corrected chi connectivity index (χ4v) is 1.59. The van der Waals surface area contributed by atoms with Gasteiger partial charge >= 0.3 is 5.97 Å². The smallest absolute Gasteiger partial charge is 0.325 e. The Labute approximate surface area is 93.6 Å². The summed E-state index contributed by atoms with van der Waals surface area (Å²) in [7, 11) is 1.42. The van der Waals surface area contributed by atoms with Crippen molar-refractivity contribution in [3.8, 4) is 0 Å². The third-order valence-electron chi connectivity index (χ3n) is 2.48. The molecule has 1 atom stereocenters. The molecule has 0 spiro atoms. The average Bonchev–Trinajstić information content (AvgIpc) is 2.12. The number of nitrogens with one attached hydrogen (secondary N) is 1. The van der Waals surface area contributed by atoms with Crippen molar-refractivity contribution in [2.45, 2.75) is 59.0 Å². The van der Waals surface area contributed by atoms with Gasteiger partial charge in [0, 0.05) is 6.04 Å². The molecule has 0 bridgehead atoms. The van der Waals surface area contributed by atoms with E-state index in [4.69, 9.17) is 4.74 Å². The number of ether oxygens (including phenoxy) is 1. The number of hydrogen-bond acceptors (Lipinski definition) is 3. The molecule has 0 aliphatic rings. The second-order valence-corrected chi connectivity index (χ2v) is 5.13. The number of methoxy groups -OCH3 is 1. The molecule has 0 aromatic carbocycles. The van der Waals surface area contributed by atoms with E-state index in [1.165, 1.54) is 13.5 Å². The highest BCUT2D eigenvalue weighted by molar-refractivity contribution is 5.79. The van der Waals surface area contributed by atoms with E-state index in [0.29, 0.717) is 12.0 Å². The molecule has 0 saturated carbocycles. The van der Waals surface area contributed by atoms with Crippen LogP contribution in [-0.2, 0) is 9.53 Å². The highest BCUT2D eigenvalue weighted by Gasteiger charge is 2.29. The minimum absolute atomic E-state index is 0.209. The second kappa shape index (κ2) is 6.11. The first-order valence-corrected chi connectivity index (χ1v) is 5.65. The van der Waals surface area contributed by atoms with Crippen molar-refractivity contribution in [2.75, 3.05) is 7.11 Å². The van der Waals surface area contributed by atoms with E-state index < -0.39 is 5.54 Å². The van der Waals surface area contributed by atoms with Gasteiger partial charge in [0.2, 0.25) is 0 Å². The van der Waals surface area contributed by atoms with Crippen molar-refractivity contribution in [1.82, 2.24) is 5.32 Å². The zero-order valence-corrected chi connectivity index (χ0v) is 10.9. The van der Waals surface area contributed by atoms with Crippen LogP contribution in [-0.4, -0.2) is 24.7 Å². The van der Waals surface area contributed by atoms with Crippen LogP contribution in [0.5, 0.6) is 0 Å². The topological polar surface area (TPSA) is 38.3 Å². The Morgan fingerprint density at radius 1 is 1.27 bits per heavy atom. The Morgan fingerprint density at radius 2 is 1.80 bits per heavy atom. The van der Waals surface area contributed by atoms with Crippen molar-refractivity contribution < 1.29 is 9.53 Å². The van der Waals surface area contributed by atoms with Gasteiger partial charge in [-0.05, 0) is 39.5 Å². The van der Waals surface area contributed by atoms with Crippen molar-refractivity contribution in [3.05, 3.63) is 0 Å². The number of carbonyl (C=O) groups excluding carboxylic acids is 1. The fraction of sp³-hybridized carbons (Fsp3) is 0.917. The maximum atomic E-state index is 11.4. The van der Waals surface area contributed by atoms with E-state index in [1.54, 1.807) is 0 Å². The molecular formula is C12H25NO2. The molecule has 3 nitrogen and oxygen atoms in total. The lowest BCUT2D eigenvalue weighted by atomic mass is 10.00. The number of carbonyl (C=O) groups is 1. The highest BCUT2D eigenvalue weighted by Crippen LogP contribution is 2.11. The van der Waals surface area contributed by atoms with Crippen LogP contribution in [0.2, 0.25) is 0 Å². The molecule has 0 saturated heterocycles. The van der Waals surface area contributed by atoms with Gasteiger partial charge in [-0.2, -0.15) is 0 Å². The third-order valence-corrected chi connectivity index (χ3v) is 2.48. The summed E-state index contributed by atoms with van der Waals surface area (Å²) in [4.78, 5) is 11.4. The van der Waals surface area contributed by atoms with Crippen LogP contribution in [0, 0.1) is 5.92 Å². The van der Waals surface area contributed by atoms with E-state index in [1.807, 2.05) is 13.8 Å². The minimum Gasteiger partial charge on any atom is -0.468 e. The maximum Gasteiger partial charge on any atom is 0.325 e. The van der Waals surface area contributed by atoms with Gasteiger partial charge in [-0.15, -0.1) is 0 Å². The van der Waals surface area contributed by atoms with Crippen LogP contribution >= 0.6 is 0 Å². The fourth-order valence-electron chi connectivity index (χ4n) is 1.59. The lowest BCUT2D eigenvalue weighted by Crippen LogP contribution is -2.51. The Bertz CT molecular complexity index is 200. The van der Waals surface area contributed by atoms with Crippen molar-refractivity contribution in [3.63, 3.8) is 0 Å². The van der Waals surface area contributed by atoms with Gasteiger partial charge in [-0.1, -0.05) is 13.8 Å². The molecule has 0 aliphatic carbocycles. The van der Waals surface area contributed by atoms with Crippen LogP contribution < -0.4 is 5.32 Å². The zero-order valence-electron chi connectivity index (χ0n) is 10.9. The summed E-state index contributed by atoms with van der Waals surface area (Å²) in [5.74, 6) is 0.495. The third kappa shape index (κ3) is 5.78. The van der Waals surface area contributed by atoms with E-state index >= 15 is 0 Å². The molecule has 1 unspecified atom stereocenters. The van der Waals surface area contributed by atoms with Crippen molar-refractivity contribution >= 4 is 5.97 Å². The Morgan fingerprint density at radius 3 is 2.20 bits per heavy atom. The first kappa shape index (κ1) is 14.4. The van der Waals surface area contributed by atoms with Gasteiger partial charge in [0.15, 0.2) is 0 Å². The summed E-state index contributed by atoms with van der Waals surface area (Å²) >= 11 is 0. The number of rotatable bonds is 6. The minimum atomic E-state index is -0.592. The first-order chi connectivity index (χ1) is 6.79. The van der Waals surface area contributed by atoms with Crippen LogP contribution in [0.3, 0.4) is 0 Å². The number of hydrogen-bond donors (Lipinski definition) is 1. The van der Waals surface area contributed by atoms with Crippen molar-refractivity contribution in [1.29, 1.82) is 0 Å². The predicted molar refractivity (Wildman–Crippen MR) is 62.8 cm³/mol. The van der Waals surface area contributed by atoms with Gasteiger partial charge in [0.05, 0.1) is 7.11 Å². The monoisotopic (exact) mass is 215 g/mol.